The molecule has 3 aromatic rings. The highest BCUT2D eigenvalue weighted by Crippen LogP contribution is 2.26. The summed E-state index contributed by atoms with van der Waals surface area (Å²) in [5, 5.41) is 18.7. The summed E-state index contributed by atoms with van der Waals surface area (Å²) in [6.07, 6.45) is 2.90. The van der Waals surface area contributed by atoms with Gasteiger partial charge in [-0.2, -0.15) is 5.10 Å². The van der Waals surface area contributed by atoms with E-state index in [1.165, 1.54) is 12.1 Å². The molecule has 156 valence electrons. The van der Waals surface area contributed by atoms with E-state index in [1.54, 1.807) is 16.8 Å². The average molecular weight is 406 g/mol. The zero-order valence-electron chi connectivity index (χ0n) is 17.4. The number of amides is 1. The molecule has 1 unspecified atom stereocenters. The number of nitrogens with zero attached hydrogens (tertiary/aromatic N) is 3. The van der Waals surface area contributed by atoms with Gasteiger partial charge in [0, 0.05) is 35.5 Å². The maximum Gasteiger partial charge on any atom is 0.269 e. The third kappa shape index (κ3) is 4.92. The molecule has 0 bridgehead atoms. The lowest BCUT2D eigenvalue weighted by molar-refractivity contribution is -0.384. The Bertz CT molecular complexity index is 1010. The zero-order chi connectivity index (χ0) is 21.7. The summed E-state index contributed by atoms with van der Waals surface area (Å²) in [5.74, 6) is 0.284. The summed E-state index contributed by atoms with van der Waals surface area (Å²) in [7, 11) is 0. The fourth-order valence-electron chi connectivity index (χ4n) is 3.41. The number of para-hydroxylation sites is 1. The van der Waals surface area contributed by atoms with Crippen LogP contribution in [0.15, 0.2) is 60.8 Å². The van der Waals surface area contributed by atoms with Crippen molar-refractivity contribution in [2.45, 2.75) is 39.7 Å². The smallest absolute Gasteiger partial charge is 0.269 e. The second-order valence-electron chi connectivity index (χ2n) is 7.59. The largest absolute Gasteiger partial charge is 0.353 e. The molecule has 7 nitrogen and oxygen atoms in total. The zero-order valence-corrected chi connectivity index (χ0v) is 17.4. The molecule has 0 radical (unpaired) electrons. The van der Waals surface area contributed by atoms with Crippen molar-refractivity contribution < 1.29 is 9.72 Å². The van der Waals surface area contributed by atoms with Crippen LogP contribution in [-0.4, -0.2) is 26.7 Å². The Morgan fingerprint density at radius 1 is 1.13 bits per heavy atom. The van der Waals surface area contributed by atoms with Crippen LogP contribution in [0.5, 0.6) is 0 Å². The second-order valence-corrected chi connectivity index (χ2v) is 7.59. The lowest BCUT2D eigenvalue weighted by Gasteiger charge is -2.20. The molecule has 0 saturated heterocycles. The second kappa shape index (κ2) is 9.35. The molecular formula is C23H26N4O3. The number of carbonyl (C=O) groups excluding carboxylic acids is 1. The monoisotopic (exact) mass is 406 g/mol. The molecule has 0 aliphatic heterocycles. The summed E-state index contributed by atoms with van der Waals surface area (Å²) in [6, 6.07) is 16.0. The van der Waals surface area contributed by atoms with Gasteiger partial charge in [0.05, 0.1) is 22.7 Å². The molecule has 2 aromatic carbocycles. The molecule has 0 aliphatic carbocycles. The number of benzene rings is 2. The van der Waals surface area contributed by atoms with Gasteiger partial charge in [-0.15, -0.1) is 0 Å². The number of nitro groups is 1. The molecule has 0 fully saturated rings. The molecule has 7 heteroatoms. The van der Waals surface area contributed by atoms with Crippen LogP contribution < -0.4 is 5.32 Å². The lowest BCUT2D eigenvalue weighted by atomic mass is 10.0. The van der Waals surface area contributed by atoms with Crippen LogP contribution >= 0.6 is 0 Å². The molecule has 1 N–H and O–H groups in total. The van der Waals surface area contributed by atoms with Crippen LogP contribution in [0, 0.1) is 16.0 Å². The summed E-state index contributed by atoms with van der Waals surface area (Å²) >= 11 is 0. The lowest BCUT2D eigenvalue weighted by Crippen LogP contribution is -2.38. The maximum atomic E-state index is 12.7. The highest BCUT2D eigenvalue weighted by Gasteiger charge is 2.19. The number of aromatic nitrogens is 2. The predicted octanol–water partition coefficient (Wildman–Crippen LogP) is 4.54. The van der Waals surface area contributed by atoms with E-state index in [9.17, 15) is 14.9 Å². The van der Waals surface area contributed by atoms with Crippen LogP contribution in [0.1, 0.15) is 32.8 Å². The van der Waals surface area contributed by atoms with Gasteiger partial charge in [-0.1, -0.05) is 39.0 Å². The molecular weight excluding hydrogens is 380 g/mol. The highest BCUT2D eigenvalue weighted by molar-refractivity contribution is 5.81. The van der Waals surface area contributed by atoms with Crippen LogP contribution in [-0.2, 0) is 11.2 Å². The highest BCUT2D eigenvalue weighted by atomic mass is 16.6. The van der Waals surface area contributed by atoms with Crippen molar-refractivity contribution in [1.29, 1.82) is 0 Å². The first kappa shape index (κ1) is 21.2. The number of rotatable bonds is 8. The van der Waals surface area contributed by atoms with E-state index in [-0.39, 0.29) is 24.1 Å². The third-order valence-electron chi connectivity index (χ3n) is 5.10. The van der Waals surface area contributed by atoms with Gasteiger partial charge in [0.1, 0.15) is 0 Å². The van der Waals surface area contributed by atoms with Crippen LogP contribution in [0.4, 0.5) is 5.69 Å². The molecule has 1 atom stereocenters. The van der Waals surface area contributed by atoms with E-state index in [0.717, 1.165) is 23.2 Å². The van der Waals surface area contributed by atoms with Crippen molar-refractivity contribution in [1.82, 2.24) is 15.1 Å². The minimum absolute atomic E-state index is 0.0169. The van der Waals surface area contributed by atoms with Gasteiger partial charge in [0.25, 0.3) is 5.69 Å². The number of hydrogen-bond acceptors (Lipinski definition) is 4. The maximum absolute atomic E-state index is 12.7. The molecule has 3 rings (SSSR count). The Morgan fingerprint density at radius 3 is 2.37 bits per heavy atom. The SMILES string of the molecule is CCC(NC(=O)Cc1cn(-c2ccccc2)nc1-c1ccc([N+](=O)[O-])cc1)C(C)C. The predicted molar refractivity (Wildman–Crippen MR) is 116 cm³/mol. The van der Waals surface area contributed by atoms with Gasteiger partial charge in [0.15, 0.2) is 0 Å². The van der Waals surface area contributed by atoms with E-state index in [0.29, 0.717) is 11.6 Å². The molecule has 1 aromatic heterocycles. The first-order valence-corrected chi connectivity index (χ1v) is 10.1. The molecule has 0 saturated carbocycles. The van der Waals surface area contributed by atoms with E-state index >= 15 is 0 Å². The number of nitro benzene ring substituents is 1. The van der Waals surface area contributed by atoms with Crippen LogP contribution in [0.25, 0.3) is 16.9 Å². The quantitative estimate of drug-likeness (QED) is 0.439. The van der Waals surface area contributed by atoms with Crippen LogP contribution in [0.3, 0.4) is 0 Å². The van der Waals surface area contributed by atoms with Gasteiger partial charge in [-0.3, -0.25) is 14.9 Å². The fraction of sp³-hybridized carbons (Fsp3) is 0.304. The van der Waals surface area contributed by atoms with Gasteiger partial charge < -0.3 is 5.32 Å². The van der Waals surface area contributed by atoms with E-state index in [2.05, 4.69) is 31.2 Å². The van der Waals surface area contributed by atoms with Crippen LogP contribution in [0.2, 0.25) is 0 Å². The Hall–Kier alpha value is -3.48. The molecule has 0 spiro atoms. The van der Waals surface area contributed by atoms with E-state index in [1.807, 2.05) is 36.5 Å². The normalized spacial score (nSPS) is 12.0. The molecule has 30 heavy (non-hydrogen) atoms. The Balaban J connectivity index is 1.95. The summed E-state index contributed by atoms with van der Waals surface area (Å²) in [5.41, 5.74) is 3.03. The summed E-state index contributed by atoms with van der Waals surface area (Å²) in [6.45, 7) is 6.23. The third-order valence-corrected chi connectivity index (χ3v) is 5.10. The molecule has 1 amide bonds. The Morgan fingerprint density at radius 2 is 1.80 bits per heavy atom. The van der Waals surface area contributed by atoms with Gasteiger partial charge in [-0.25, -0.2) is 4.68 Å². The first-order valence-electron chi connectivity index (χ1n) is 10.1. The fourth-order valence-corrected chi connectivity index (χ4v) is 3.41. The summed E-state index contributed by atoms with van der Waals surface area (Å²) < 4.78 is 1.74. The minimum atomic E-state index is -0.433. The van der Waals surface area contributed by atoms with E-state index in [4.69, 9.17) is 0 Å². The topological polar surface area (TPSA) is 90.1 Å². The van der Waals surface area contributed by atoms with E-state index < -0.39 is 4.92 Å². The summed E-state index contributed by atoms with van der Waals surface area (Å²) in [4.78, 5) is 23.3. The van der Waals surface area contributed by atoms with Crippen molar-refractivity contribution in [3.8, 4) is 16.9 Å². The average Bonchev–Trinajstić information content (AvgIpc) is 3.16. The number of carbonyl (C=O) groups is 1. The van der Waals surface area contributed by atoms with Crippen molar-refractivity contribution in [3.05, 3.63) is 76.5 Å². The van der Waals surface area contributed by atoms with Gasteiger partial charge >= 0.3 is 0 Å². The van der Waals surface area contributed by atoms with Crippen molar-refractivity contribution in [3.63, 3.8) is 0 Å². The Kier molecular flexibility index (Phi) is 6.61. The van der Waals surface area contributed by atoms with Gasteiger partial charge in [0.2, 0.25) is 5.91 Å². The Labute approximate surface area is 175 Å². The standard InChI is InChI=1S/C23H26N4O3/c1-4-21(16(2)3)24-22(28)14-18-15-26(19-8-6-5-7-9-19)25-23(18)17-10-12-20(13-11-17)27(29)30/h5-13,15-16,21H,4,14H2,1-3H3,(H,24,28). The molecule has 0 aliphatic rings. The van der Waals surface area contributed by atoms with Gasteiger partial charge in [-0.05, 0) is 36.6 Å². The van der Waals surface area contributed by atoms with Crippen molar-refractivity contribution >= 4 is 11.6 Å². The number of hydrogen-bond donors (Lipinski definition) is 1. The van der Waals surface area contributed by atoms with Crippen molar-refractivity contribution in [2.75, 3.05) is 0 Å². The van der Waals surface area contributed by atoms with Crippen molar-refractivity contribution in [2.24, 2.45) is 5.92 Å². The minimum Gasteiger partial charge on any atom is -0.353 e. The first-order chi connectivity index (χ1) is 14.4. The number of nitrogens with one attached hydrogen (secondary N) is 1. The molecule has 1 heterocycles. The number of non-ortho nitro benzene ring substituents is 1.